The van der Waals surface area contributed by atoms with Crippen molar-refractivity contribution >= 4 is 0 Å². The van der Waals surface area contributed by atoms with Gasteiger partial charge in [0.25, 0.3) is 5.92 Å². The van der Waals surface area contributed by atoms with Gasteiger partial charge in [-0.1, -0.05) is 20.5 Å². The number of ether oxygens (including phenoxy) is 2. The van der Waals surface area contributed by atoms with Gasteiger partial charge in [0, 0.05) is 19.6 Å². The van der Waals surface area contributed by atoms with Crippen LogP contribution in [0.4, 0.5) is 8.78 Å². The number of aliphatic hydroxyl groups excluding tert-OH is 3. The van der Waals surface area contributed by atoms with E-state index in [1.54, 1.807) is 0 Å². The van der Waals surface area contributed by atoms with Gasteiger partial charge in [0.05, 0.1) is 30.8 Å². The molecule has 0 amide bonds. The maximum atomic E-state index is 14.4. The molecule has 9 unspecified atom stereocenters. The van der Waals surface area contributed by atoms with E-state index in [-0.39, 0.29) is 6.42 Å². The van der Waals surface area contributed by atoms with Crippen molar-refractivity contribution in [2.24, 2.45) is 20.5 Å². The van der Waals surface area contributed by atoms with Gasteiger partial charge in [0.2, 0.25) is 0 Å². The fraction of sp³-hybridized carbons (Fsp3) is 1.00. The van der Waals surface area contributed by atoms with E-state index in [2.05, 4.69) is 40.1 Å². The normalized spacial score (nSPS) is 39.1. The first kappa shape index (κ1) is 24.2. The van der Waals surface area contributed by atoms with E-state index < -0.39 is 67.4 Å². The van der Waals surface area contributed by atoms with Crippen LogP contribution >= 0.6 is 0 Å². The summed E-state index contributed by atoms with van der Waals surface area (Å²) in [5.41, 5.74) is 34.4. The highest BCUT2D eigenvalue weighted by molar-refractivity contribution is 5.04. The van der Waals surface area contributed by atoms with Crippen molar-refractivity contribution in [2.45, 2.75) is 67.3 Å². The summed E-state index contributed by atoms with van der Waals surface area (Å²) in [7, 11) is 0. The number of alkyl halides is 2. The molecule has 168 valence electrons. The molecule has 0 bridgehead atoms. The molecule has 0 aromatic carbocycles. The Balaban J connectivity index is 2.38. The SMILES string of the molecule is [N-]=[N+]=NCC1OC(OC2C(N=[N+]=[N-])CC(N=[N+]=[N-])C(O)C2O)C(N=[N+]=[N-])C(O)C1(F)F. The summed E-state index contributed by atoms with van der Waals surface area (Å²) in [6.07, 6.45) is -12.1. The predicted octanol–water partition coefficient (Wildman–Crippen LogP) is 1.57. The number of halogens is 2. The fourth-order valence-corrected chi connectivity index (χ4v) is 3.32. The van der Waals surface area contributed by atoms with Crippen LogP contribution in [0.2, 0.25) is 0 Å². The molecule has 2 rings (SSSR count). The molecular formula is C12H16F2N12O5. The highest BCUT2D eigenvalue weighted by Crippen LogP contribution is 2.39. The van der Waals surface area contributed by atoms with E-state index in [4.69, 9.17) is 31.6 Å². The highest BCUT2D eigenvalue weighted by atomic mass is 19.3. The molecule has 0 spiro atoms. The Hall–Kier alpha value is -3.10. The van der Waals surface area contributed by atoms with E-state index in [0.29, 0.717) is 0 Å². The molecule has 2 aliphatic rings. The van der Waals surface area contributed by atoms with Crippen LogP contribution in [0.15, 0.2) is 20.5 Å². The second kappa shape index (κ2) is 10.3. The Morgan fingerprint density at radius 2 is 1.55 bits per heavy atom. The summed E-state index contributed by atoms with van der Waals surface area (Å²) in [6.45, 7) is -0.919. The van der Waals surface area contributed by atoms with Crippen LogP contribution < -0.4 is 0 Å². The molecule has 3 N–H and O–H groups in total. The molecule has 0 radical (unpaired) electrons. The summed E-state index contributed by atoms with van der Waals surface area (Å²) in [5.74, 6) is -4.01. The molecule has 1 heterocycles. The molecule has 0 aromatic heterocycles. The Bertz CT molecular complexity index is 849. The lowest BCUT2D eigenvalue weighted by atomic mass is 9.84. The van der Waals surface area contributed by atoms with Crippen molar-refractivity contribution in [3.05, 3.63) is 41.8 Å². The molecule has 19 heteroatoms. The zero-order valence-electron chi connectivity index (χ0n) is 15.4. The van der Waals surface area contributed by atoms with Gasteiger partial charge in [-0.05, 0) is 28.5 Å². The first-order chi connectivity index (χ1) is 14.7. The van der Waals surface area contributed by atoms with Gasteiger partial charge in [-0.25, -0.2) is 8.78 Å². The fourth-order valence-electron chi connectivity index (χ4n) is 3.32. The minimum Gasteiger partial charge on any atom is -0.390 e. The van der Waals surface area contributed by atoms with Crippen molar-refractivity contribution in [3.8, 4) is 0 Å². The zero-order chi connectivity index (χ0) is 23.2. The first-order valence-electron chi connectivity index (χ1n) is 8.59. The summed E-state index contributed by atoms with van der Waals surface area (Å²) >= 11 is 0. The molecule has 1 aliphatic carbocycles. The topological polar surface area (TPSA) is 274 Å². The van der Waals surface area contributed by atoms with E-state index in [9.17, 15) is 24.1 Å². The second-order valence-corrected chi connectivity index (χ2v) is 6.58. The van der Waals surface area contributed by atoms with Gasteiger partial charge >= 0.3 is 0 Å². The van der Waals surface area contributed by atoms with E-state index in [1.165, 1.54) is 0 Å². The van der Waals surface area contributed by atoms with Crippen LogP contribution in [0.25, 0.3) is 41.8 Å². The summed E-state index contributed by atoms with van der Waals surface area (Å²) in [6, 6.07) is -4.47. The second-order valence-electron chi connectivity index (χ2n) is 6.58. The summed E-state index contributed by atoms with van der Waals surface area (Å²) < 4.78 is 39.2. The molecule has 1 aliphatic heterocycles. The molecule has 2 fully saturated rings. The van der Waals surface area contributed by atoms with E-state index in [1.807, 2.05) is 0 Å². The third-order valence-electron chi connectivity index (χ3n) is 4.85. The zero-order valence-corrected chi connectivity index (χ0v) is 15.4. The van der Waals surface area contributed by atoms with E-state index in [0.717, 1.165) is 0 Å². The largest absolute Gasteiger partial charge is 0.390 e. The van der Waals surface area contributed by atoms with Crippen molar-refractivity contribution < 1.29 is 33.6 Å². The average molecular weight is 446 g/mol. The minimum absolute atomic E-state index is 0.281. The third-order valence-corrected chi connectivity index (χ3v) is 4.85. The minimum atomic E-state index is -4.01. The van der Waals surface area contributed by atoms with Crippen molar-refractivity contribution in [1.29, 1.82) is 0 Å². The molecular weight excluding hydrogens is 430 g/mol. The quantitative estimate of drug-likeness (QED) is 0.297. The van der Waals surface area contributed by atoms with Gasteiger partial charge in [-0.3, -0.25) is 0 Å². The van der Waals surface area contributed by atoms with Crippen LogP contribution in [0.3, 0.4) is 0 Å². The number of nitrogens with zero attached hydrogens (tertiary/aromatic N) is 12. The molecule has 31 heavy (non-hydrogen) atoms. The van der Waals surface area contributed by atoms with Gasteiger partial charge in [-0.2, -0.15) is 0 Å². The lowest BCUT2D eigenvalue weighted by Gasteiger charge is -2.46. The van der Waals surface area contributed by atoms with Crippen LogP contribution in [-0.2, 0) is 9.47 Å². The lowest BCUT2D eigenvalue weighted by Crippen LogP contribution is -2.64. The maximum Gasteiger partial charge on any atom is 0.299 e. The number of hydrogen-bond acceptors (Lipinski definition) is 9. The summed E-state index contributed by atoms with van der Waals surface area (Å²) in [4.78, 5) is 9.81. The molecule has 1 saturated carbocycles. The number of rotatable bonds is 7. The lowest BCUT2D eigenvalue weighted by molar-refractivity contribution is -0.325. The summed E-state index contributed by atoms with van der Waals surface area (Å²) in [5, 5.41) is 43.3. The van der Waals surface area contributed by atoms with Crippen LogP contribution in [-0.4, -0.2) is 82.7 Å². The van der Waals surface area contributed by atoms with Gasteiger partial charge in [0.15, 0.2) is 6.29 Å². The van der Waals surface area contributed by atoms with Crippen molar-refractivity contribution in [3.63, 3.8) is 0 Å². The van der Waals surface area contributed by atoms with Crippen LogP contribution in [0.5, 0.6) is 0 Å². The maximum absolute atomic E-state index is 14.4. The smallest absolute Gasteiger partial charge is 0.299 e. The predicted molar refractivity (Wildman–Crippen MR) is 93.9 cm³/mol. The number of azide groups is 4. The van der Waals surface area contributed by atoms with Gasteiger partial charge in [-0.15, -0.1) is 0 Å². The Labute approximate surface area is 170 Å². The van der Waals surface area contributed by atoms with Crippen LogP contribution in [0, 0.1) is 0 Å². The number of aliphatic hydroxyl groups is 3. The standard InChI is InChI=1S/C12H16F2N12O5/c13-12(14)5(2-19-23-15)30-11(6(10(12)29)22-26-18)31-9-4(21-25-17)1-3(20-24-16)7(27)8(9)28/h3-11,27-29H,1-2H2. The molecule has 0 aromatic rings. The van der Waals surface area contributed by atoms with Gasteiger partial charge < -0.3 is 24.8 Å². The monoisotopic (exact) mass is 446 g/mol. The van der Waals surface area contributed by atoms with E-state index >= 15 is 0 Å². The third kappa shape index (κ3) is 4.98. The Morgan fingerprint density at radius 3 is 2.13 bits per heavy atom. The van der Waals surface area contributed by atoms with Crippen LogP contribution in [0.1, 0.15) is 6.42 Å². The molecule has 9 atom stereocenters. The average Bonchev–Trinajstić information content (AvgIpc) is 2.73. The Morgan fingerprint density at radius 1 is 0.935 bits per heavy atom. The van der Waals surface area contributed by atoms with Crippen molar-refractivity contribution in [1.82, 2.24) is 0 Å². The number of hydrogen-bond donors (Lipinski definition) is 3. The molecule has 17 nitrogen and oxygen atoms in total. The van der Waals surface area contributed by atoms with Crippen molar-refractivity contribution in [2.75, 3.05) is 6.54 Å². The van der Waals surface area contributed by atoms with Gasteiger partial charge in [0.1, 0.15) is 24.4 Å². The highest BCUT2D eigenvalue weighted by Gasteiger charge is 2.59. The molecule has 1 saturated heterocycles. The Kier molecular flexibility index (Phi) is 8.01. The first-order valence-corrected chi connectivity index (χ1v) is 8.59.